The molecule has 0 radical (unpaired) electrons. The first-order chi connectivity index (χ1) is 7.16. The predicted molar refractivity (Wildman–Crippen MR) is 54.5 cm³/mol. The molecule has 0 saturated carbocycles. The lowest BCUT2D eigenvalue weighted by molar-refractivity contribution is 0.0967. The number of Topliss-reactive ketones (excluding diaryl/α,β-unsaturated/α-hetero) is 1. The van der Waals surface area contributed by atoms with Gasteiger partial charge >= 0.3 is 0 Å². The van der Waals surface area contributed by atoms with Crippen molar-refractivity contribution >= 4 is 5.78 Å². The number of imidazole rings is 2. The van der Waals surface area contributed by atoms with Gasteiger partial charge in [-0.15, -0.1) is 0 Å². The van der Waals surface area contributed by atoms with Crippen molar-refractivity contribution in [2.75, 3.05) is 0 Å². The lowest BCUT2D eigenvalue weighted by Crippen LogP contribution is -2.11. The van der Waals surface area contributed by atoms with Crippen molar-refractivity contribution < 1.29 is 4.79 Å². The molecule has 0 aliphatic carbocycles. The zero-order valence-electron chi connectivity index (χ0n) is 8.71. The molecule has 78 valence electrons. The lowest BCUT2D eigenvalue weighted by atomic mass is 10.3. The Morgan fingerprint density at radius 2 is 2.27 bits per heavy atom. The summed E-state index contributed by atoms with van der Waals surface area (Å²) in [4.78, 5) is 19.8. The molecule has 5 nitrogen and oxygen atoms in total. The van der Waals surface area contributed by atoms with Crippen molar-refractivity contribution in [3.8, 4) is 0 Å². The molecule has 0 spiro atoms. The standard InChI is InChI=1S/C10H12N4O/c1-8-11-3-4-14(8)6-10(15)9-5-13(2)7-12-9/h3-5,7H,6H2,1-2H3. The summed E-state index contributed by atoms with van der Waals surface area (Å²) in [5.41, 5.74) is 0.491. The molecule has 0 saturated heterocycles. The van der Waals surface area contributed by atoms with Gasteiger partial charge in [-0.05, 0) is 6.92 Å². The molecule has 2 aromatic rings. The van der Waals surface area contributed by atoms with Crippen LogP contribution in [0.2, 0.25) is 0 Å². The Bertz CT molecular complexity index is 483. The van der Waals surface area contributed by atoms with Gasteiger partial charge < -0.3 is 9.13 Å². The summed E-state index contributed by atoms with van der Waals surface area (Å²) >= 11 is 0. The average Bonchev–Trinajstić information content (AvgIpc) is 2.77. The highest BCUT2D eigenvalue weighted by Gasteiger charge is 2.10. The van der Waals surface area contributed by atoms with Gasteiger partial charge in [0, 0.05) is 25.6 Å². The fourth-order valence-electron chi connectivity index (χ4n) is 1.36. The summed E-state index contributed by atoms with van der Waals surface area (Å²) in [5, 5.41) is 0. The number of hydrogen-bond acceptors (Lipinski definition) is 3. The molecular formula is C10H12N4O. The number of aromatic nitrogens is 4. The monoisotopic (exact) mass is 204 g/mol. The van der Waals surface area contributed by atoms with Gasteiger partial charge in [0.05, 0.1) is 12.9 Å². The topological polar surface area (TPSA) is 52.7 Å². The van der Waals surface area contributed by atoms with E-state index in [4.69, 9.17) is 0 Å². The summed E-state index contributed by atoms with van der Waals surface area (Å²) in [7, 11) is 1.84. The first-order valence-corrected chi connectivity index (χ1v) is 4.65. The maximum Gasteiger partial charge on any atom is 0.202 e. The Hall–Kier alpha value is -1.91. The zero-order valence-corrected chi connectivity index (χ0v) is 8.71. The van der Waals surface area contributed by atoms with E-state index in [0.717, 1.165) is 5.82 Å². The number of carbonyl (C=O) groups is 1. The van der Waals surface area contributed by atoms with E-state index >= 15 is 0 Å². The Kier molecular flexibility index (Phi) is 2.37. The molecule has 0 aromatic carbocycles. The van der Waals surface area contributed by atoms with Gasteiger partial charge in [0.25, 0.3) is 0 Å². The van der Waals surface area contributed by atoms with Gasteiger partial charge in [-0.3, -0.25) is 4.79 Å². The smallest absolute Gasteiger partial charge is 0.202 e. The molecule has 0 amide bonds. The highest BCUT2D eigenvalue weighted by Crippen LogP contribution is 2.01. The lowest BCUT2D eigenvalue weighted by Gasteiger charge is -2.01. The maximum atomic E-state index is 11.8. The number of rotatable bonds is 3. The van der Waals surface area contributed by atoms with Crippen LogP contribution in [0, 0.1) is 6.92 Å². The maximum absolute atomic E-state index is 11.8. The molecule has 0 atom stereocenters. The molecule has 15 heavy (non-hydrogen) atoms. The SMILES string of the molecule is Cc1nccn1CC(=O)c1cn(C)cn1. The average molecular weight is 204 g/mol. The van der Waals surface area contributed by atoms with Crippen molar-refractivity contribution in [2.45, 2.75) is 13.5 Å². The van der Waals surface area contributed by atoms with Gasteiger partial charge in [0.15, 0.2) is 0 Å². The third-order valence-electron chi connectivity index (χ3n) is 2.23. The van der Waals surface area contributed by atoms with Crippen LogP contribution in [0.15, 0.2) is 24.9 Å². The minimum Gasteiger partial charge on any atom is -0.340 e. The minimum absolute atomic E-state index is 0.00306. The van der Waals surface area contributed by atoms with E-state index in [2.05, 4.69) is 9.97 Å². The molecule has 0 N–H and O–H groups in total. The molecule has 0 aliphatic rings. The second-order valence-corrected chi connectivity index (χ2v) is 3.45. The molecule has 0 aliphatic heterocycles. The van der Waals surface area contributed by atoms with Crippen LogP contribution in [0.1, 0.15) is 16.3 Å². The van der Waals surface area contributed by atoms with Gasteiger partial charge in [0.2, 0.25) is 5.78 Å². The Labute approximate surface area is 87.4 Å². The van der Waals surface area contributed by atoms with Crippen LogP contribution in [0.3, 0.4) is 0 Å². The first-order valence-electron chi connectivity index (χ1n) is 4.65. The highest BCUT2D eigenvalue weighted by molar-refractivity contribution is 5.93. The predicted octanol–water partition coefficient (Wildman–Crippen LogP) is 0.808. The number of ketones is 1. The van der Waals surface area contributed by atoms with Crippen molar-refractivity contribution in [3.05, 3.63) is 36.4 Å². The Morgan fingerprint density at radius 1 is 1.47 bits per heavy atom. The van der Waals surface area contributed by atoms with E-state index in [1.165, 1.54) is 0 Å². The Balaban J connectivity index is 2.14. The normalized spacial score (nSPS) is 10.5. The van der Waals surface area contributed by atoms with E-state index < -0.39 is 0 Å². The molecule has 0 bridgehead atoms. The summed E-state index contributed by atoms with van der Waals surface area (Å²) in [6, 6.07) is 0. The van der Waals surface area contributed by atoms with Gasteiger partial charge in [-0.25, -0.2) is 9.97 Å². The summed E-state index contributed by atoms with van der Waals surface area (Å²) in [6.45, 7) is 2.16. The zero-order chi connectivity index (χ0) is 10.8. The van der Waals surface area contributed by atoms with Crippen molar-refractivity contribution in [2.24, 2.45) is 7.05 Å². The number of aryl methyl sites for hydroxylation is 2. The molecule has 2 heterocycles. The van der Waals surface area contributed by atoms with Gasteiger partial charge in [0.1, 0.15) is 11.5 Å². The second kappa shape index (κ2) is 3.68. The quantitative estimate of drug-likeness (QED) is 0.695. The fourth-order valence-corrected chi connectivity index (χ4v) is 1.36. The van der Waals surface area contributed by atoms with E-state index in [-0.39, 0.29) is 5.78 Å². The molecule has 0 unspecified atom stereocenters. The molecule has 5 heteroatoms. The van der Waals surface area contributed by atoms with Crippen LogP contribution < -0.4 is 0 Å². The summed E-state index contributed by atoms with van der Waals surface area (Å²) < 4.78 is 3.56. The number of nitrogens with zero attached hydrogens (tertiary/aromatic N) is 4. The Morgan fingerprint density at radius 3 is 2.80 bits per heavy atom. The van der Waals surface area contributed by atoms with Crippen LogP contribution in [-0.4, -0.2) is 24.9 Å². The third kappa shape index (κ3) is 1.96. The van der Waals surface area contributed by atoms with E-state index in [1.807, 2.05) is 14.0 Å². The van der Waals surface area contributed by atoms with Gasteiger partial charge in [-0.1, -0.05) is 0 Å². The molecule has 2 rings (SSSR count). The van der Waals surface area contributed by atoms with Gasteiger partial charge in [-0.2, -0.15) is 0 Å². The van der Waals surface area contributed by atoms with E-state index in [9.17, 15) is 4.79 Å². The molecule has 2 aromatic heterocycles. The van der Waals surface area contributed by atoms with Crippen molar-refractivity contribution in [1.29, 1.82) is 0 Å². The fraction of sp³-hybridized carbons (Fsp3) is 0.300. The number of carbonyl (C=O) groups excluding carboxylic acids is 1. The third-order valence-corrected chi connectivity index (χ3v) is 2.23. The summed E-state index contributed by atoms with van der Waals surface area (Å²) in [5.74, 6) is 0.830. The van der Waals surface area contributed by atoms with Crippen LogP contribution in [0.5, 0.6) is 0 Å². The number of hydrogen-bond donors (Lipinski definition) is 0. The highest BCUT2D eigenvalue weighted by atomic mass is 16.1. The van der Waals surface area contributed by atoms with Crippen LogP contribution in [0.25, 0.3) is 0 Å². The van der Waals surface area contributed by atoms with Crippen LogP contribution in [0.4, 0.5) is 0 Å². The van der Waals surface area contributed by atoms with Crippen molar-refractivity contribution in [1.82, 2.24) is 19.1 Å². The van der Waals surface area contributed by atoms with E-state index in [1.54, 1.807) is 34.1 Å². The second-order valence-electron chi connectivity index (χ2n) is 3.45. The summed E-state index contributed by atoms with van der Waals surface area (Å²) in [6.07, 6.45) is 6.81. The molecule has 0 fully saturated rings. The molecular weight excluding hydrogens is 192 g/mol. The van der Waals surface area contributed by atoms with Crippen LogP contribution in [-0.2, 0) is 13.6 Å². The van der Waals surface area contributed by atoms with E-state index in [0.29, 0.717) is 12.2 Å². The van der Waals surface area contributed by atoms with Crippen molar-refractivity contribution in [3.63, 3.8) is 0 Å². The largest absolute Gasteiger partial charge is 0.340 e. The minimum atomic E-state index is -0.00306. The van der Waals surface area contributed by atoms with Crippen LogP contribution >= 0.6 is 0 Å². The first kappa shape index (κ1) is 9.64.